The second-order valence-corrected chi connectivity index (χ2v) is 6.38. The molecule has 1 heterocycles. The number of rotatable bonds is 8. The van der Waals surface area contributed by atoms with Gasteiger partial charge in [-0.25, -0.2) is 4.98 Å². The molecule has 0 saturated heterocycles. The van der Waals surface area contributed by atoms with Gasteiger partial charge in [-0.05, 0) is 26.2 Å². The highest BCUT2D eigenvalue weighted by Crippen LogP contribution is 2.24. The van der Waals surface area contributed by atoms with Crippen molar-refractivity contribution in [2.75, 3.05) is 6.54 Å². The van der Waals surface area contributed by atoms with E-state index in [1.807, 2.05) is 44.2 Å². The first kappa shape index (κ1) is 18.2. The summed E-state index contributed by atoms with van der Waals surface area (Å²) < 4.78 is 5.80. The molecule has 2 atom stereocenters. The van der Waals surface area contributed by atoms with Crippen LogP contribution in [0.5, 0.6) is 0 Å². The first-order valence-electron chi connectivity index (χ1n) is 8.42. The lowest BCUT2D eigenvalue weighted by Crippen LogP contribution is -2.29. The molecule has 0 bridgehead atoms. The van der Waals surface area contributed by atoms with Gasteiger partial charge in [-0.15, -0.1) is 0 Å². The summed E-state index contributed by atoms with van der Waals surface area (Å²) in [5, 5.41) is 12.2. The van der Waals surface area contributed by atoms with Gasteiger partial charge in [-0.3, -0.25) is 4.79 Å². The molecule has 1 amide bonds. The number of benzene rings is 1. The topological polar surface area (TPSA) is 75.4 Å². The van der Waals surface area contributed by atoms with E-state index in [9.17, 15) is 9.90 Å². The predicted octanol–water partition coefficient (Wildman–Crippen LogP) is 3.11. The first-order chi connectivity index (χ1) is 11.5. The number of aromatic nitrogens is 1. The number of nitrogens with zero attached hydrogens (tertiary/aromatic N) is 1. The monoisotopic (exact) mass is 330 g/mol. The smallest absolute Gasteiger partial charge is 0.220 e. The van der Waals surface area contributed by atoms with Crippen molar-refractivity contribution < 1.29 is 14.3 Å². The van der Waals surface area contributed by atoms with E-state index in [0.717, 1.165) is 17.0 Å². The van der Waals surface area contributed by atoms with Gasteiger partial charge in [-0.2, -0.15) is 0 Å². The molecule has 1 aromatic heterocycles. The number of amides is 1. The Balaban J connectivity index is 1.83. The average molecular weight is 330 g/mol. The third-order valence-electron chi connectivity index (χ3n) is 3.83. The molecule has 0 aliphatic heterocycles. The van der Waals surface area contributed by atoms with Gasteiger partial charge in [0.15, 0.2) is 11.7 Å². The van der Waals surface area contributed by atoms with E-state index >= 15 is 0 Å². The molecule has 1 aromatic carbocycles. The second kappa shape index (κ2) is 8.64. The molecule has 0 saturated carbocycles. The summed E-state index contributed by atoms with van der Waals surface area (Å²) in [6, 6.07) is 9.83. The number of nitrogens with one attached hydrogen (secondary N) is 1. The molecular weight excluding hydrogens is 304 g/mol. The van der Waals surface area contributed by atoms with Crippen molar-refractivity contribution in [1.82, 2.24) is 10.3 Å². The van der Waals surface area contributed by atoms with E-state index in [-0.39, 0.29) is 17.9 Å². The van der Waals surface area contributed by atoms with Crippen molar-refractivity contribution in [3.63, 3.8) is 0 Å². The second-order valence-electron chi connectivity index (χ2n) is 6.38. The lowest BCUT2D eigenvalue weighted by atomic mass is 10.0. The van der Waals surface area contributed by atoms with Crippen LogP contribution < -0.4 is 5.32 Å². The summed E-state index contributed by atoms with van der Waals surface area (Å²) >= 11 is 0. The summed E-state index contributed by atoms with van der Waals surface area (Å²) in [6.45, 7) is 6.25. The maximum Gasteiger partial charge on any atom is 0.220 e. The summed E-state index contributed by atoms with van der Waals surface area (Å²) in [5.41, 5.74) is 1.83. The summed E-state index contributed by atoms with van der Waals surface area (Å²) in [5.74, 6) is 1.57. The van der Waals surface area contributed by atoms with Gasteiger partial charge >= 0.3 is 0 Å². The van der Waals surface area contributed by atoms with Crippen molar-refractivity contribution in [3.05, 3.63) is 41.9 Å². The number of aryl methyl sites for hydroxylation is 2. The van der Waals surface area contributed by atoms with Crippen molar-refractivity contribution in [2.24, 2.45) is 5.92 Å². The molecule has 5 nitrogen and oxygen atoms in total. The summed E-state index contributed by atoms with van der Waals surface area (Å²) in [7, 11) is 0. The standard InChI is InChI=1S/C19H26N2O3/c1-13(11-14(2)22)12-20-17(23)9-10-18-21-15(3)19(24-18)16-7-5-4-6-8-16/h4-8,13-14,22H,9-12H2,1-3H3,(H,20,23). The molecule has 0 radical (unpaired) electrons. The van der Waals surface area contributed by atoms with Crippen molar-refractivity contribution in [1.29, 1.82) is 0 Å². The van der Waals surface area contributed by atoms with Crippen LogP contribution in [-0.4, -0.2) is 28.6 Å². The number of aliphatic hydroxyl groups excluding tert-OH is 1. The van der Waals surface area contributed by atoms with Crippen LogP contribution in [0, 0.1) is 12.8 Å². The zero-order valence-corrected chi connectivity index (χ0v) is 14.6. The Kier molecular flexibility index (Phi) is 6.55. The fourth-order valence-electron chi connectivity index (χ4n) is 2.68. The molecule has 2 N–H and O–H groups in total. The Hall–Kier alpha value is -2.14. The zero-order chi connectivity index (χ0) is 17.5. The molecule has 0 spiro atoms. The molecule has 130 valence electrons. The Labute approximate surface area is 143 Å². The largest absolute Gasteiger partial charge is 0.440 e. The van der Waals surface area contributed by atoms with Crippen molar-refractivity contribution >= 4 is 5.91 Å². The maximum absolute atomic E-state index is 11.9. The highest BCUT2D eigenvalue weighted by molar-refractivity contribution is 5.76. The van der Waals surface area contributed by atoms with Gasteiger partial charge in [0.1, 0.15) is 0 Å². The lowest BCUT2D eigenvalue weighted by Gasteiger charge is -2.13. The Morgan fingerprint density at radius 1 is 1.29 bits per heavy atom. The molecule has 2 aromatic rings. The Morgan fingerprint density at radius 2 is 2.00 bits per heavy atom. The minimum absolute atomic E-state index is 0.0236. The van der Waals surface area contributed by atoms with Crippen LogP contribution in [-0.2, 0) is 11.2 Å². The molecule has 0 fully saturated rings. The van der Waals surface area contributed by atoms with Gasteiger partial charge in [-0.1, -0.05) is 37.3 Å². The van der Waals surface area contributed by atoms with Gasteiger partial charge < -0.3 is 14.8 Å². The van der Waals surface area contributed by atoms with Crippen LogP contribution >= 0.6 is 0 Å². The number of aliphatic hydroxyl groups is 1. The van der Waals surface area contributed by atoms with Crippen LogP contribution in [0.3, 0.4) is 0 Å². The van der Waals surface area contributed by atoms with Crippen LogP contribution in [0.4, 0.5) is 0 Å². The molecule has 0 aliphatic rings. The van der Waals surface area contributed by atoms with Gasteiger partial charge in [0.05, 0.1) is 11.8 Å². The number of carbonyl (C=O) groups excluding carboxylic acids is 1. The molecule has 2 rings (SSSR count). The summed E-state index contributed by atoms with van der Waals surface area (Å²) in [4.78, 5) is 16.3. The number of hydrogen-bond donors (Lipinski definition) is 2. The van der Waals surface area contributed by atoms with Crippen molar-refractivity contribution in [3.8, 4) is 11.3 Å². The zero-order valence-electron chi connectivity index (χ0n) is 14.6. The number of hydrogen-bond acceptors (Lipinski definition) is 4. The van der Waals surface area contributed by atoms with E-state index in [4.69, 9.17) is 4.42 Å². The van der Waals surface area contributed by atoms with Gasteiger partial charge in [0.25, 0.3) is 0 Å². The van der Waals surface area contributed by atoms with Gasteiger partial charge in [0.2, 0.25) is 5.91 Å². The quantitative estimate of drug-likeness (QED) is 0.780. The normalized spacial score (nSPS) is 13.5. The maximum atomic E-state index is 11.9. The Bertz CT molecular complexity index is 650. The number of carbonyl (C=O) groups is 1. The Morgan fingerprint density at radius 3 is 2.67 bits per heavy atom. The van der Waals surface area contributed by atoms with Crippen LogP contribution in [0.2, 0.25) is 0 Å². The highest BCUT2D eigenvalue weighted by Gasteiger charge is 2.13. The van der Waals surface area contributed by atoms with Crippen molar-refractivity contribution in [2.45, 2.75) is 46.1 Å². The van der Waals surface area contributed by atoms with Crippen LogP contribution in [0.1, 0.15) is 38.3 Å². The average Bonchev–Trinajstić information content (AvgIpc) is 2.92. The minimum Gasteiger partial charge on any atom is -0.440 e. The van der Waals surface area contributed by atoms with Gasteiger partial charge in [0, 0.05) is 24.9 Å². The van der Waals surface area contributed by atoms with Crippen LogP contribution in [0.15, 0.2) is 34.7 Å². The third kappa shape index (κ3) is 5.49. The lowest BCUT2D eigenvalue weighted by molar-refractivity contribution is -0.121. The number of oxazole rings is 1. The fraction of sp³-hybridized carbons (Fsp3) is 0.474. The van der Waals surface area contributed by atoms with E-state index < -0.39 is 0 Å². The van der Waals surface area contributed by atoms with E-state index in [1.165, 1.54) is 0 Å². The van der Waals surface area contributed by atoms with E-state index in [2.05, 4.69) is 10.3 Å². The molecule has 2 unspecified atom stereocenters. The van der Waals surface area contributed by atoms with Crippen LogP contribution in [0.25, 0.3) is 11.3 Å². The third-order valence-corrected chi connectivity index (χ3v) is 3.83. The first-order valence-corrected chi connectivity index (χ1v) is 8.42. The van der Waals surface area contributed by atoms with E-state index in [1.54, 1.807) is 6.92 Å². The minimum atomic E-state index is -0.344. The predicted molar refractivity (Wildman–Crippen MR) is 93.5 cm³/mol. The summed E-state index contributed by atoms with van der Waals surface area (Å²) in [6.07, 6.45) is 1.16. The molecule has 5 heteroatoms. The highest BCUT2D eigenvalue weighted by atomic mass is 16.4. The SMILES string of the molecule is Cc1nc(CCC(=O)NCC(C)CC(C)O)oc1-c1ccccc1. The van der Waals surface area contributed by atoms with E-state index in [0.29, 0.717) is 31.7 Å². The molecular formula is C19H26N2O3. The molecule has 0 aliphatic carbocycles. The fourth-order valence-corrected chi connectivity index (χ4v) is 2.68. The molecule has 24 heavy (non-hydrogen) atoms.